The summed E-state index contributed by atoms with van der Waals surface area (Å²) in [5, 5.41) is 6.11. The number of aromatic nitrogens is 1. The Hall–Kier alpha value is -1.92. The molecule has 1 amide bonds. The zero-order valence-electron chi connectivity index (χ0n) is 12.7. The molecule has 3 aromatic rings. The Balaban J connectivity index is 1.62. The number of hydrogen-bond acceptors (Lipinski definition) is 5. The Bertz CT molecular complexity index is 802. The molecule has 3 aromatic heterocycles. The van der Waals surface area contributed by atoms with Crippen LogP contribution < -0.4 is 0 Å². The van der Waals surface area contributed by atoms with E-state index in [1.54, 1.807) is 22.7 Å². The number of nitrogens with zero attached hydrogens (tertiary/aromatic N) is 2. The van der Waals surface area contributed by atoms with Gasteiger partial charge >= 0.3 is 0 Å². The predicted molar refractivity (Wildman–Crippen MR) is 91.8 cm³/mol. The summed E-state index contributed by atoms with van der Waals surface area (Å²) < 4.78 is 5.72. The van der Waals surface area contributed by atoms with E-state index in [2.05, 4.69) is 16.4 Å². The van der Waals surface area contributed by atoms with Crippen molar-refractivity contribution in [3.05, 3.63) is 51.4 Å². The van der Waals surface area contributed by atoms with Gasteiger partial charge in [0.1, 0.15) is 5.76 Å². The first kappa shape index (κ1) is 14.7. The number of aryl methyl sites for hydroxylation is 1. The van der Waals surface area contributed by atoms with Crippen LogP contribution in [0.1, 0.15) is 34.7 Å². The fourth-order valence-electron chi connectivity index (χ4n) is 2.57. The molecule has 0 radical (unpaired) electrons. The Morgan fingerprint density at radius 2 is 2.26 bits per heavy atom. The molecule has 4 nitrogen and oxygen atoms in total. The quantitative estimate of drug-likeness (QED) is 0.681. The van der Waals surface area contributed by atoms with Crippen molar-refractivity contribution in [1.29, 1.82) is 0 Å². The van der Waals surface area contributed by atoms with Gasteiger partial charge in [0.2, 0.25) is 5.89 Å². The largest absolute Gasteiger partial charge is 0.440 e. The van der Waals surface area contributed by atoms with Gasteiger partial charge in [-0.05, 0) is 53.6 Å². The molecule has 1 fully saturated rings. The van der Waals surface area contributed by atoms with Gasteiger partial charge in [-0.1, -0.05) is 6.07 Å². The maximum absolute atomic E-state index is 13.0. The zero-order valence-corrected chi connectivity index (χ0v) is 14.3. The highest BCUT2D eigenvalue weighted by molar-refractivity contribution is 7.13. The molecule has 0 N–H and O–H groups in total. The van der Waals surface area contributed by atoms with E-state index in [0.717, 1.165) is 17.7 Å². The van der Waals surface area contributed by atoms with Gasteiger partial charge in [0.15, 0.2) is 5.69 Å². The maximum atomic E-state index is 13.0. The number of hydrogen-bond donors (Lipinski definition) is 0. The van der Waals surface area contributed by atoms with Gasteiger partial charge in [-0.15, -0.1) is 11.3 Å². The highest BCUT2D eigenvalue weighted by Gasteiger charge is 2.35. The second kappa shape index (κ2) is 5.94. The van der Waals surface area contributed by atoms with Gasteiger partial charge in [-0.25, -0.2) is 4.98 Å². The molecular formula is C17H16N2O2S2. The molecule has 3 heterocycles. The molecule has 0 spiro atoms. The van der Waals surface area contributed by atoms with Crippen LogP contribution in [0.3, 0.4) is 0 Å². The van der Waals surface area contributed by atoms with E-state index in [1.165, 1.54) is 5.56 Å². The molecule has 0 aliphatic heterocycles. The van der Waals surface area contributed by atoms with E-state index in [1.807, 2.05) is 34.7 Å². The molecule has 6 heteroatoms. The first-order valence-electron chi connectivity index (χ1n) is 7.55. The van der Waals surface area contributed by atoms with Crippen LogP contribution in [0, 0.1) is 6.92 Å². The van der Waals surface area contributed by atoms with E-state index in [4.69, 9.17) is 4.42 Å². The summed E-state index contributed by atoms with van der Waals surface area (Å²) >= 11 is 3.22. The summed E-state index contributed by atoms with van der Waals surface area (Å²) in [6.45, 7) is 2.46. The van der Waals surface area contributed by atoms with Crippen molar-refractivity contribution < 1.29 is 9.21 Å². The van der Waals surface area contributed by atoms with Crippen molar-refractivity contribution in [1.82, 2.24) is 9.88 Å². The highest BCUT2D eigenvalue weighted by atomic mass is 32.1. The minimum absolute atomic E-state index is 0.0252. The standard InChI is InChI=1S/C17H16N2O2S2/c1-11-15(18-16(21-11)14-3-2-7-23-14)17(20)19(13-4-5-13)9-12-6-8-22-10-12/h2-3,6-8,10,13H,4-5,9H2,1H3. The molecule has 0 atom stereocenters. The van der Waals surface area contributed by atoms with Gasteiger partial charge in [0.25, 0.3) is 5.91 Å². The van der Waals surface area contributed by atoms with E-state index in [9.17, 15) is 4.79 Å². The van der Waals surface area contributed by atoms with Crippen molar-refractivity contribution in [3.63, 3.8) is 0 Å². The van der Waals surface area contributed by atoms with Gasteiger partial charge in [-0.3, -0.25) is 4.79 Å². The first-order chi connectivity index (χ1) is 11.2. The van der Waals surface area contributed by atoms with Crippen LogP contribution in [0.5, 0.6) is 0 Å². The van der Waals surface area contributed by atoms with Crippen LogP contribution in [0.2, 0.25) is 0 Å². The SMILES string of the molecule is Cc1oc(-c2cccs2)nc1C(=O)N(Cc1ccsc1)C1CC1. The minimum atomic E-state index is -0.0252. The minimum Gasteiger partial charge on any atom is -0.440 e. The van der Waals surface area contributed by atoms with Crippen LogP contribution in [0.25, 0.3) is 10.8 Å². The molecule has 118 valence electrons. The van der Waals surface area contributed by atoms with Crippen LogP contribution in [0.4, 0.5) is 0 Å². The molecule has 4 rings (SSSR count). The average Bonchev–Trinajstić information content (AvgIpc) is 3.00. The van der Waals surface area contributed by atoms with E-state index < -0.39 is 0 Å². The third kappa shape index (κ3) is 2.96. The van der Waals surface area contributed by atoms with Crippen molar-refractivity contribution in [2.75, 3.05) is 0 Å². The van der Waals surface area contributed by atoms with Gasteiger partial charge in [0, 0.05) is 12.6 Å². The lowest BCUT2D eigenvalue weighted by molar-refractivity contribution is 0.0723. The second-order valence-corrected chi connectivity index (χ2v) is 7.42. The van der Waals surface area contributed by atoms with Crippen LogP contribution in [-0.2, 0) is 6.54 Å². The molecule has 1 saturated carbocycles. The summed E-state index contributed by atoms with van der Waals surface area (Å²) in [5.74, 6) is 1.10. The summed E-state index contributed by atoms with van der Waals surface area (Å²) in [5.41, 5.74) is 1.62. The van der Waals surface area contributed by atoms with Crippen molar-refractivity contribution in [3.8, 4) is 10.8 Å². The van der Waals surface area contributed by atoms with Crippen LogP contribution >= 0.6 is 22.7 Å². The molecule has 0 unspecified atom stereocenters. The lowest BCUT2D eigenvalue weighted by Crippen LogP contribution is -2.33. The van der Waals surface area contributed by atoms with Crippen LogP contribution in [-0.4, -0.2) is 21.8 Å². The molecule has 0 bridgehead atoms. The number of carbonyl (C=O) groups is 1. The van der Waals surface area contributed by atoms with Crippen molar-refractivity contribution in [2.24, 2.45) is 0 Å². The average molecular weight is 344 g/mol. The Kier molecular flexibility index (Phi) is 3.79. The van der Waals surface area contributed by atoms with Crippen molar-refractivity contribution in [2.45, 2.75) is 32.4 Å². The Labute approximate surface area is 142 Å². The molecular weight excluding hydrogens is 328 g/mol. The number of oxazole rings is 1. The van der Waals surface area contributed by atoms with E-state index in [0.29, 0.717) is 29.9 Å². The predicted octanol–water partition coefficient (Wildman–Crippen LogP) is 4.58. The zero-order chi connectivity index (χ0) is 15.8. The lowest BCUT2D eigenvalue weighted by atomic mass is 10.2. The first-order valence-corrected chi connectivity index (χ1v) is 9.38. The van der Waals surface area contributed by atoms with E-state index in [-0.39, 0.29) is 5.91 Å². The van der Waals surface area contributed by atoms with Crippen molar-refractivity contribution >= 4 is 28.6 Å². The van der Waals surface area contributed by atoms with Gasteiger partial charge in [-0.2, -0.15) is 11.3 Å². The third-order valence-corrected chi connectivity index (χ3v) is 5.50. The summed E-state index contributed by atoms with van der Waals surface area (Å²) in [6, 6.07) is 6.31. The Morgan fingerprint density at radius 1 is 1.39 bits per heavy atom. The normalized spacial score (nSPS) is 14.1. The molecule has 23 heavy (non-hydrogen) atoms. The lowest BCUT2D eigenvalue weighted by Gasteiger charge is -2.21. The number of thiophene rings is 2. The molecule has 0 saturated heterocycles. The topological polar surface area (TPSA) is 46.3 Å². The molecule has 0 aromatic carbocycles. The van der Waals surface area contributed by atoms with Gasteiger partial charge < -0.3 is 9.32 Å². The van der Waals surface area contributed by atoms with Crippen LogP contribution in [0.15, 0.2) is 38.8 Å². The number of carbonyl (C=O) groups excluding carboxylic acids is 1. The monoisotopic (exact) mass is 344 g/mol. The maximum Gasteiger partial charge on any atom is 0.276 e. The highest BCUT2D eigenvalue weighted by Crippen LogP contribution is 2.32. The van der Waals surface area contributed by atoms with E-state index >= 15 is 0 Å². The molecule has 1 aliphatic carbocycles. The summed E-state index contributed by atoms with van der Waals surface area (Å²) in [4.78, 5) is 20.3. The van der Waals surface area contributed by atoms with Gasteiger partial charge in [0.05, 0.1) is 4.88 Å². The fourth-order valence-corrected chi connectivity index (χ4v) is 3.88. The summed E-state index contributed by atoms with van der Waals surface area (Å²) in [7, 11) is 0. The molecule has 1 aliphatic rings. The number of amides is 1. The second-order valence-electron chi connectivity index (χ2n) is 5.70. The third-order valence-electron chi connectivity index (χ3n) is 3.91. The Morgan fingerprint density at radius 3 is 2.91 bits per heavy atom. The fraction of sp³-hybridized carbons (Fsp3) is 0.294. The smallest absolute Gasteiger partial charge is 0.276 e. The number of rotatable bonds is 5. The summed E-state index contributed by atoms with van der Waals surface area (Å²) in [6.07, 6.45) is 2.15.